The molecule has 4 rings (SSSR count). The summed E-state index contributed by atoms with van der Waals surface area (Å²) in [5, 5.41) is 29.3. The van der Waals surface area contributed by atoms with E-state index in [0.29, 0.717) is 5.52 Å². The molecule has 3 heterocycles. The monoisotopic (exact) mass is 641 g/mol. The van der Waals surface area contributed by atoms with Crippen molar-refractivity contribution in [2.24, 2.45) is 17.6 Å². The SMILES string of the molecule is CCCC(C)N(C)C(=O)Nc1ncnn2c([C@]3(C#N)O[C@H](COC(=O)CC4CCCCC4)[C@@H](OC(=O)[C@@H](N)C(C)C)[C@H]3O)ccc12. The smallest absolute Gasteiger partial charge is 0.323 e. The molecule has 14 heteroatoms. The van der Waals surface area contributed by atoms with Crippen LogP contribution >= 0.6 is 0 Å². The molecule has 0 bridgehead atoms. The van der Waals surface area contributed by atoms with Crippen molar-refractivity contribution < 1.29 is 33.7 Å². The summed E-state index contributed by atoms with van der Waals surface area (Å²) in [5.41, 5.74) is 4.38. The highest BCUT2D eigenvalue weighted by Crippen LogP contribution is 2.42. The number of nitriles is 1. The molecule has 14 nitrogen and oxygen atoms in total. The highest BCUT2D eigenvalue weighted by Gasteiger charge is 2.60. The summed E-state index contributed by atoms with van der Waals surface area (Å²) in [6.07, 6.45) is 4.12. The maximum Gasteiger partial charge on any atom is 0.323 e. The highest BCUT2D eigenvalue weighted by atomic mass is 16.6. The standard InChI is InChI=1S/C32H47N7O7/c1-6-10-20(4)38(5)31(43)37-29-22-13-14-24(39(22)36-18-35-29)32(17-33)28(41)27(45-30(42)26(34)19(2)3)23(46-32)16-44-25(40)15-21-11-8-7-9-12-21/h13-14,18-21,23,26-28,41H,6-12,15-16,34H2,1-5H3,(H,35,36,37,43)/t20?,23-,26+,27-,28-,32+/m1/s1. The van der Waals surface area contributed by atoms with Crippen LogP contribution in [0.4, 0.5) is 10.6 Å². The third-order valence-electron chi connectivity index (χ3n) is 9.17. The first-order valence-electron chi connectivity index (χ1n) is 16.2. The number of nitrogens with zero attached hydrogens (tertiary/aromatic N) is 5. The highest BCUT2D eigenvalue weighted by molar-refractivity contribution is 5.92. The van der Waals surface area contributed by atoms with E-state index in [1.807, 2.05) is 13.8 Å². The minimum Gasteiger partial charge on any atom is -0.463 e. The zero-order valence-electron chi connectivity index (χ0n) is 27.3. The zero-order valence-corrected chi connectivity index (χ0v) is 27.3. The molecule has 2 aromatic rings. The topological polar surface area (TPSA) is 194 Å². The molecule has 2 aromatic heterocycles. The molecule has 252 valence electrons. The van der Waals surface area contributed by atoms with Gasteiger partial charge in [-0.1, -0.05) is 46.5 Å². The summed E-state index contributed by atoms with van der Waals surface area (Å²) < 4.78 is 18.8. The van der Waals surface area contributed by atoms with Crippen molar-refractivity contribution in [2.45, 2.75) is 115 Å². The number of hydrogen-bond acceptors (Lipinski definition) is 11. The number of esters is 2. The number of nitrogens with two attached hydrogens (primary N) is 1. The van der Waals surface area contributed by atoms with E-state index >= 15 is 0 Å². The van der Waals surface area contributed by atoms with Gasteiger partial charge in [-0.2, -0.15) is 10.4 Å². The molecule has 0 aromatic carbocycles. The van der Waals surface area contributed by atoms with Crippen LogP contribution < -0.4 is 11.1 Å². The number of aliphatic hydroxyl groups excluding tert-OH is 1. The van der Waals surface area contributed by atoms with E-state index in [4.69, 9.17) is 19.9 Å². The lowest BCUT2D eigenvalue weighted by Crippen LogP contribution is -2.46. The number of urea groups is 1. The van der Waals surface area contributed by atoms with Gasteiger partial charge in [-0.15, -0.1) is 0 Å². The van der Waals surface area contributed by atoms with E-state index in [1.165, 1.54) is 16.9 Å². The molecule has 2 amide bonds. The van der Waals surface area contributed by atoms with Crippen LogP contribution in [0.25, 0.3) is 5.52 Å². The fourth-order valence-electron chi connectivity index (χ4n) is 6.10. The molecule has 1 unspecified atom stereocenters. The van der Waals surface area contributed by atoms with Crippen molar-refractivity contribution in [3.05, 3.63) is 24.2 Å². The van der Waals surface area contributed by atoms with Gasteiger partial charge in [-0.25, -0.2) is 14.3 Å². The molecular weight excluding hydrogens is 594 g/mol. The van der Waals surface area contributed by atoms with Crippen molar-refractivity contribution in [1.29, 1.82) is 5.26 Å². The molecule has 0 spiro atoms. The molecule has 0 radical (unpaired) electrons. The average molecular weight is 642 g/mol. The van der Waals surface area contributed by atoms with E-state index in [0.717, 1.165) is 44.9 Å². The summed E-state index contributed by atoms with van der Waals surface area (Å²) in [5.74, 6) is -1.06. The molecule has 46 heavy (non-hydrogen) atoms. The molecular formula is C32H47N7O7. The molecule has 2 fully saturated rings. The van der Waals surface area contributed by atoms with E-state index in [1.54, 1.807) is 31.9 Å². The van der Waals surface area contributed by atoms with Crippen LogP contribution in [0.5, 0.6) is 0 Å². The second kappa shape index (κ2) is 15.2. The van der Waals surface area contributed by atoms with Crippen molar-refractivity contribution in [3.8, 4) is 6.07 Å². The number of carbonyl (C=O) groups is 3. The number of fused-ring (bicyclic) bond motifs is 1. The predicted octanol–water partition coefficient (Wildman–Crippen LogP) is 3.27. The van der Waals surface area contributed by atoms with Gasteiger partial charge < -0.3 is 30.0 Å². The molecule has 1 saturated heterocycles. The van der Waals surface area contributed by atoms with Crippen LogP contribution in [0.3, 0.4) is 0 Å². The molecule has 4 N–H and O–H groups in total. The summed E-state index contributed by atoms with van der Waals surface area (Å²) in [6, 6.07) is 3.78. The Morgan fingerprint density at radius 1 is 1.26 bits per heavy atom. The van der Waals surface area contributed by atoms with Crippen LogP contribution in [-0.2, 0) is 29.4 Å². The summed E-state index contributed by atoms with van der Waals surface area (Å²) >= 11 is 0. The first-order chi connectivity index (χ1) is 21.9. The van der Waals surface area contributed by atoms with Crippen LogP contribution in [0.1, 0.15) is 84.8 Å². The lowest BCUT2D eigenvalue weighted by Gasteiger charge is -2.26. The van der Waals surface area contributed by atoms with Crippen molar-refractivity contribution in [2.75, 3.05) is 19.0 Å². The third-order valence-corrected chi connectivity index (χ3v) is 9.17. The number of amides is 2. The molecule has 2 aliphatic rings. The van der Waals surface area contributed by atoms with Gasteiger partial charge in [-0.3, -0.25) is 14.9 Å². The Morgan fingerprint density at radius 3 is 2.63 bits per heavy atom. The third kappa shape index (κ3) is 7.43. The van der Waals surface area contributed by atoms with E-state index in [2.05, 4.69) is 21.5 Å². The lowest BCUT2D eigenvalue weighted by molar-refractivity contribution is -0.162. The van der Waals surface area contributed by atoms with E-state index < -0.39 is 41.9 Å². The largest absolute Gasteiger partial charge is 0.463 e. The Bertz CT molecular complexity index is 1420. The van der Waals surface area contributed by atoms with Gasteiger partial charge in [0.15, 0.2) is 11.9 Å². The number of anilines is 1. The second-order valence-electron chi connectivity index (χ2n) is 12.8. The summed E-state index contributed by atoms with van der Waals surface area (Å²) in [4.78, 5) is 44.5. The minimum absolute atomic E-state index is 0.00810. The second-order valence-corrected chi connectivity index (χ2v) is 12.8. The molecule has 1 aliphatic carbocycles. The summed E-state index contributed by atoms with van der Waals surface area (Å²) in [7, 11) is 1.69. The van der Waals surface area contributed by atoms with E-state index in [9.17, 15) is 24.8 Å². The number of carbonyl (C=O) groups excluding carboxylic acids is 3. The van der Waals surface area contributed by atoms with Gasteiger partial charge in [0.2, 0.25) is 5.60 Å². The van der Waals surface area contributed by atoms with Crippen LogP contribution in [-0.4, -0.2) is 86.6 Å². The number of aromatic nitrogens is 3. The first-order valence-corrected chi connectivity index (χ1v) is 16.2. The van der Waals surface area contributed by atoms with Gasteiger partial charge in [-0.05, 0) is 50.2 Å². The zero-order chi connectivity index (χ0) is 33.6. The number of hydrogen-bond donors (Lipinski definition) is 3. The van der Waals surface area contributed by atoms with Crippen LogP contribution in [0.2, 0.25) is 0 Å². The van der Waals surface area contributed by atoms with Crippen molar-refractivity contribution >= 4 is 29.3 Å². The van der Waals surface area contributed by atoms with Crippen molar-refractivity contribution in [3.63, 3.8) is 0 Å². The van der Waals surface area contributed by atoms with Crippen LogP contribution in [0, 0.1) is 23.2 Å². The summed E-state index contributed by atoms with van der Waals surface area (Å²) in [6.45, 7) is 7.14. The quantitative estimate of drug-likeness (QED) is 0.288. The number of aliphatic hydroxyl groups is 1. The lowest BCUT2D eigenvalue weighted by atomic mass is 9.87. The number of rotatable bonds is 12. The van der Waals surface area contributed by atoms with Gasteiger partial charge in [0.25, 0.3) is 0 Å². The molecule has 6 atom stereocenters. The Kier molecular flexibility index (Phi) is 11.6. The maximum atomic E-state index is 13.0. The fourth-order valence-corrected chi connectivity index (χ4v) is 6.10. The van der Waals surface area contributed by atoms with Gasteiger partial charge in [0, 0.05) is 19.5 Å². The van der Waals surface area contributed by atoms with Crippen molar-refractivity contribution in [1.82, 2.24) is 19.5 Å². The van der Waals surface area contributed by atoms with Gasteiger partial charge in [0.05, 0.1) is 5.69 Å². The molecule has 1 aliphatic heterocycles. The average Bonchev–Trinajstić information content (AvgIpc) is 3.59. The van der Waals surface area contributed by atoms with Gasteiger partial charge >= 0.3 is 18.0 Å². The maximum absolute atomic E-state index is 13.0. The normalized spacial score (nSPS) is 24.7. The van der Waals surface area contributed by atoms with Gasteiger partial charge in [0.1, 0.15) is 42.8 Å². The Morgan fingerprint density at radius 2 is 1.98 bits per heavy atom. The fraction of sp³-hybridized carbons (Fsp3) is 0.688. The van der Waals surface area contributed by atoms with E-state index in [-0.39, 0.29) is 48.4 Å². The predicted molar refractivity (Wildman–Crippen MR) is 167 cm³/mol. The number of nitrogens with one attached hydrogen (secondary N) is 1. The number of ether oxygens (including phenoxy) is 3. The Labute approximate surface area is 269 Å². The minimum atomic E-state index is -2.10. The van der Waals surface area contributed by atoms with Crippen LogP contribution in [0.15, 0.2) is 18.5 Å². The Hall–Kier alpha value is -3.80. The first kappa shape index (κ1) is 35.1. The molecule has 1 saturated carbocycles. The Balaban J connectivity index is 1.62.